The van der Waals surface area contributed by atoms with Crippen molar-refractivity contribution in [2.45, 2.75) is 10.8 Å². The maximum absolute atomic E-state index is 5.56. The van der Waals surface area contributed by atoms with E-state index in [4.69, 9.17) is 16.0 Å². The molecule has 0 saturated carbocycles. The minimum absolute atomic E-state index is 0.302. The molecule has 2 aromatic rings. The van der Waals surface area contributed by atoms with E-state index in [9.17, 15) is 0 Å². The van der Waals surface area contributed by atoms with Gasteiger partial charge in [0.25, 0.3) is 0 Å². The number of nitrogens with zero attached hydrogens (tertiary/aromatic N) is 1. The second-order valence-electron chi connectivity index (χ2n) is 2.39. The van der Waals surface area contributed by atoms with E-state index in [1.165, 1.54) is 0 Å². The largest absolute Gasteiger partial charge is 0.439 e. The van der Waals surface area contributed by atoms with Gasteiger partial charge in [0.05, 0.1) is 5.88 Å². The highest BCUT2D eigenvalue weighted by Gasteiger charge is 2.03. The summed E-state index contributed by atoms with van der Waals surface area (Å²) in [7, 11) is 0. The number of hydrogen-bond donors (Lipinski definition) is 1. The summed E-state index contributed by atoms with van der Waals surface area (Å²) >= 11 is 9.75. The Morgan fingerprint density at radius 3 is 3.08 bits per heavy atom. The van der Waals surface area contributed by atoms with E-state index in [1.807, 2.05) is 18.2 Å². The number of aromatic nitrogens is 1. The summed E-state index contributed by atoms with van der Waals surface area (Å²) in [5.74, 6) is 0.849. The number of rotatable bonds is 1. The molecule has 1 aromatic heterocycles. The predicted molar refractivity (Wildman–Crippen MR) is 50.8 cm³/mol. The lowest BCUT2D eigenvalue weighted by Gasteiger charge is -1.86. The number of thiol groups is 1. The second-order valence-corrected chi connectivity index (χ2v) is 3.18. The Morgan fingerprint density at radius 1 is 1.50 bits per heavy atom. The fourth-order valence-electron chi connectivity index (χ4n) is 1.02. The molecule has 0 aliphatic rings. The van der Waals surface area contributed by atoms with Crippen molar-refractivity contribution in [3.8, 4) is 0 Å². The SMILES string of the molecule is Sc1ccc2oc(CCl)nc2c1. The molecule has 4 heteroatoms. The zero-order chi connectivity index (χ0) is 8.55. The second kappa shape index (κ2) is 2.99. The molecular weight excluding hydrogens is 194 g/mol. The van der Waals surface area contributed by atoms with Crippen LogP contribution in [0.3, 0.4) is 0 Å². The Hall–Kier alpha value is -0.670. The van der Waals surface area contributed by atoms with Gasteiger partial charge in [0.2, 0.25) is 5.89 Å². The summed E-state index contributed by atoms with van der Waals surface area (Å²) in [6, 6.07) is 5.54. The van der Waals surface area contributed by atoms with Gasteiger partial charge in [-0.25, -0.2) is 4.98 Å². The third-order valence-electron chi connectivity index (χ3n) is 1.53. The van der Waals surface area contributed by atoms with Gasteiger partial charge in [-0.15, -0.1) is 24.2 Å². The molecule has 12 heavy (non-hydrogen) atoms. The van der Waals surface area contributed by atoms with Crippen molar-refractivity contribution >= 4 is 35.3 Å². The highest BCUT2D eigenvalue weighted by atomic mass is 35.5. The van der Waals surface area contributed by atoms with Gasteiger partial charge in [-0.3, -0.25) is 0 Å². The molecule has 0 atom stereocenters. The van der Waals surface area contributed by atoms with Crippen LogP contribution in [0.5, 0.6) is 0 Å². The number of halogens is 1. The fourth-order valence-corrected chi connectivity index (χ4v) is 1.33. The van der Waals surface area contributed by atoms with Crippen molar-refractivity contribution in [3.63, 3.8) is 0 Å². The molecule has 1 heterocycles. The van der Waals surface area contributed by atoms with Crippen molar-refractivity contribution < 1.29 is 4.42 Å². The quantitative estimate of drug-likeness (QED) is 0.565. The first-order chi connectivity index (χ1) is 5.79. The molecule has 0 aliphatic heterocycles. The smallest absolute Gasteiger partial charge is 0.210 e. The van der Waals surface area contributed by atoms with Crippen molar-refractivity contribution in [2.75, 3.05) is 0 Å². The van der Waals surface area contributed by atoms with Crippen molar-refractivity contribution in [1.82, 2.24) is 4.98 Å². The van der Waals surface area contributed by atoms with Gasteiger partial charge in [-0.1, -0.05) is 0 Å². The van der Waals surface area contributed by atoms with E-state index in [1.54, 1.807) is 0 Å². The minimum Gasteiger partial charge on any atom is -0.439 e. The van der Waals surface area contributed by atoms with E-state index in [0.717, 1.165) is 16.0 Å². The average Bonchev–Trinajstić information content (AvgIpc) is 2.46. The van der Waals surface area contributed by atoms with Crippen LogP contribution in [0.2, 0.25) is 0 Å². The first-order valence-electron chi connectivity index (χ1n) is 3.44. The Labute approximate surface area is 80.0 Å². The van der Waals surface area contributed by atoms with E-state index >= 15 is 0 Å². The molecule has 0 fully saturated rings. The molecule has 0 unspecified atom stereocenters. The first kappa shape index (κ1) is 7.95. The van der Waals surface area contributed by atoms with E-state index in [-0.39, 0.29) is 0 Å². The number of alkyl halides is 1. The average molecular weight is 200 g/mol. The number of fused-ring (bicyclic) bond motifs is 1. The molecule has 0 saturated heterocycles. The summed E-state index contributed by atoms with van der Waals surface area (Å²) in [5, 5.41) is 0. The molecule has 2 nitrogen and oxygen atoms in total. The molecule has 62 valence electrons. The summed E-state index contributed by atoms with van der Waals surface area (Å²) in [6.07, 6.45) is 0. The molecule has 1 aromatic carbocycles. The van der Waals surface area contributed by atoms with Crippen LogP contribution < -0.4 is 0 Å². The maximum Gasteiger partial charge on any atom is 0.210 e. The lowest BCUT2D eigenvalue weighted by molar-refractivity contribution is 0.555. The molecule has 0 amide bonds. The standard InChI is InChI=1S/C8H6ClNOS/c9-4-8-10-6-3-5(12)1-2-7(6)11-8/h1-3,12H,4H2. The van der Waals surface area contributed by atoms with Gasteiger partial charge in [0, 0.05) is 4.90 Å². The molecule has 0 aliphatic carbocycles. The topological polar surface area (TPSA) is 26.0 Å². The molecule has 0 spiro atoms. The predicted octanol–water partition coefficient (Wildman–Crippen LogP) is 2.86. The Balaban J connectivity index is 2.67. The third kappa shape index (κ3) is 1.30. The highest BCUT2D eigenvalue weighted by molar-refractivity contribution is 7.80. The molecule has 0 radical (unpaired) electrons. The monoisotopic (exact) mass is 199 g/mol. The van der Waals surface area contributed by atoms with E-state index < -0.39 is 0 Å². The third-order valence-corrected chi connectivity index (χ3v) is 2.04. The van der Waals surface area contributed by atoms with Gasteiger partial charge in [-0.2, -0.15) is 0 Å². The first-order valence-corrected chi connectivity index (χ1v) is 4.42. The zero-order valence-electron chi connectivity index (χ0n) is 6.12. The van der Waals surface area contributed by atoms with Crippen LogP contribution in [0.1, 0.15) is 5.89 Å². The van der Waals surface area contributed by atoms with Crippen LogP contribution in [-0.2, 0) is 5.88 Å². The summed E-state index contributed by atoms with van der Waals surface area (Å²) in [4.78, 5) is 5.02. The zero-order valence-corrected chi connectivity index (χ0v) is 7.77. The van der Waals surface area contributed by atoms with Crippen molar-refractivity contribution in [3.05, 3.63) is 24.1 Å². The lowest BCUT2D eigenvalue weighted by atomic mass is 10.3. The van der Waals surface area contributed by atoms with Gasteiger partial charge in [0.1, 0.15) is 5.52 Å². The Bertz CT molecular complexity index is 412. The van der Waals surface area contributed by atoms with Crippen molar-refractivity contribution in [2.24, 2.45) is 0 Å². The maximum atomic E-state index is 5.56. The molecule has 0 bridgehead atoms. The molecule has 2 rings (SSSR count). The van der Waals surface area contributed by atoms with Gasteiger partial charge >= 0.3 is 0 Å². The van der Waals surface area contributed by atoms with Crippen LogP contribution in [0.25, 0.3) is 11.1 Å². The van der Waals surface area contributed by atoms with Crippen LogP contribution in [0.15, 0.2) is 27.5 Å². The summed E-state index contributed by atoms with van der Waals surface area (Å²) < 4.78 is 5.30. The molecular formula is C8H6ClNOS. The van der Waals surface area contributed by atoms with E-state index in [2.05, 4.69) is 17.6 Å². The molecule has 0 N–H and O–H groups in total. The van der Waals surface area contributed by atoms with Crippen LogP contribution in [0, 0.1) is 0 Å². The highest BCUT2D eigenvalue weighted by Crippen LogP contribution is 2.19. The van der Waals surface area contributed by atoms with Crippen LogP contribution in [-0.4, -0.2) is 4.98 Å². The van der Waals surface area contributed by atoms with Gasteiger partial charge in [-0.05, 0) is 18.2 Å². The van der Waals surface area contributed by atoms with Gasteiger partial charge in [0.15, 0.2) is 5.58 Å². The summed E-state index contributed by atoms with van der Waals surface area (Å²) in [6.45, 7) is 0. The Morgan fingerprint density at radius 2 is 2.33 bits per heavy atom. The van der Waals surface area contributed by atoms with Crippen molar-refractivity contribution in [1.29, 1.82) is 0 Å². The minimum atomic E-state index is 0.302. The lowest BCUT2D eigenvalue weighted by Crippen LogP contribution is -1.72. The number of oxazole rings is 1. The van der Waals surface area contributed by atoms with Crippen LogP contribution in [0.4, 0.5) is 0 Å². The summed E-state index contributed by atoms with van der Waals surface area (Å²) in [5.41, 5.74) is 1.56. The fraction of sp³-hybridized carbons (Fsp3) is 0.125. The van der Waals surface area contributed by atoms with Crippen LogP contribution >= 0.6 is 24.2 Å². The van der Waals surface area contributed by atoms with E-state index in [0.29, 0.717) is 11.8 Å². The number of benzene rings is 1. The number of hydrogen-bond acceptors (Lipinski definition) is 3. The van der Waals surface area contributed by atoms with Gasteiger partial charge < -0.3 is 4.42 Å². The normalized spacial score (nSPS) is 10.8. The Kier molecular flexibility index (Phi) is 1.98.